The molecule has 0 aliphatic heterocycles. The van der Waals surface area contributed by atoms with Crippen LogP contribution in [0.4, 0.5) is 5.69 Å². The molecular formula is C26H24BrNO. The van der Waals surface area contributed by atoms with Crippen molar-refractivity contribution < 1.29 is 4.74 Å². The van der Waals surface area contributed by atoms with Crippen molar-refractivity contribution in [3.63, 3.8) is 0 Å². The van der Waals surface area contributed by atoms with Gasteiger partial charge in [-0.05, 0) is 81.0 Å². The molecule has 0 atom stereocenters. The van der Waals surface area contributed by atoms with Gasteiger partial charge in [0.2, 0.25) is 0 Å². The van der Waals surface area contributed by atoms with E-state index in [2.05, 4.69) is 108 Å². The molecule has 0 amide bonds. The van der Waals surface area contributed by atoms with E-state index >= 15 is 0 Å². The van der Waals surface area contributed by atoms with Gasteiger partial charge < -0.3 is 10.1 Å². The van der Waals surface area contributed by atoms with Crippen LogP contribution in [0, 0.1) is 13.8 Å². The molecule has 29 heavy (non-hydrogen) atoms. The second kappa shape index (κ2) is 8.71. The van der Waals surface area contributed by atoms with E-state index in [0.29, 0.717) is 6.61 Å². The number of hydrogen-bond donors (Lipinski definition) is 1. The highest BCUT2D eigenvalue weighted by atomic mass is 79.9. The van der Waals surface area contributed by atoms with Gasteiger partial charge in [0, 0.05) is 12.2 Å². The summed E-state index contributed by atoms with van der Waals surface area (Å²) < 4.78 is 7.09. The number of halogens is 1. The smallest absolute Gasteiger partial charge is 0.134 e. The van der Waals surface area contributed by atoms with Gasteiger partial charge in [-0.1, -0.05) is 60.7 Å². The minimum Gasteiger partial charge on any atom is -0.488 e. The maximum Gasteiger partial charge on any atom is 0.134 e. The molecule has 0 bridgehead atoms. The highest BCUT2D eigenvalue weighted by Crippen LogP contribution is 2.29. The first kappa shape index (κ1) is 19.5. The summed E-state index contributed by atoms with van der Waals surface area (Å²) in [6.07, 6.45) is 0. The minimum atomic E-state index is 0.542. The first-order chi connectivity index (χ1) is 14.1. The highest BCUT2D eigenvalue weighted by molar-refractivity contribution is 9.10. The van der Waals surface area contributed by atoms with E-state index in [-0.39, 0.29) is 0 Å². The van der Waals surface area contributed by atoms with Crippen molar-refractivity contribution in [2.75, 3.05) is 5.32 Å². The van der Waals surface area contributed by atoms with Crippen molar-refractivity contribution in [2.45, 2.75) is 27.0 Å². The number of nitrogens with one attached hydrogen (secondary N) is 1. The Morgan fingerprint density at radius 2 is 1.66 bits per heavy atom. The fourth-order valence-electron chi connectivity index (χ4n) is 3.49. The van der Waals surface area contributed by atoms with Gasteiger partial charge in [0.05, 0.1) is 4.47 Å². The third-order valence-electron chi connectivity index (χ3n) is 5.35. The number of ether oxygens (including phenoxy) is 1. The average molecular weight is 446 g/mol. The second-order valence-corrected chi connectivity index (χ2v) is 8.15. The van der Waals surface area contributed by atoms with Crippen molar-refractivity contribution in [3.05, 3.63) is 106 Å². The van der Waals surface area contributed by atoms with E-state index in [1.807, 2.05) is 6.07 Å². The average Bonchev–Trinajstić information content (AvgIpc) is 2.74. The van der Waals surface area contributed by atoms with Crippen LogP contribution < -0.4 is 10.1 Å². The van der Waals surface area contributed by atoms with Crippen LogP contribution in [0.15, 0.2) is 83.3 Å². The summed E-state index contributed by atoms with van der Waals surface area (Å²) in [5.74, 6) is 0.855. The number of hydrogen-bond acceptors (Lipinski definition) is 2. The van der Waals surface area contributed by atoms with Gasteiger partial charge in [0.25, 0.3) is 0 Å². The Kier molecular flexibility index (Phi) is 5.86. The SMILES string of the molecule is Cc1cccc(NCc2ccc(OCc3cccc4ccccc34)c(Br)c2)c1C. The number of rotatable bonds is 6. The monoisotopic (exact) mass is 445 g/mol. The topological polar surface area (TPSA) is 21.3 Å². The van der Waals surface area contributed by atoms with Gasteiger partial charge in [0.15, 0.2) is 0 Å². The predicted molar refractivity (Wildman–Crippen MR) is 126 cm³/mol. The number of benzene rings is 4. The lowest BCUT2D eigenvalue weighted by molar-refractivity contribution is 0.305. The molecule has 0 spiro atoms. The van der Waals surface area contributed by atoms with Crippen LogP contribution in [0.25, 0.3) is 10.8 Å². The van der Waals surface area contributed by atoms with Crippen LogP contribution >= 0.6 is 15.9 Å². The molecule has 0 aliphatic rings. The molecule has 0 unspecified atom stereocenters. The zero-order valence-corrected chi connectivity index (χ0v) is 18.3. The van der Waals surface area contributed by atoms with Crippen molar-refractivity contribution in [2.24, 2.45) is 0 Å². The zero-order valence-electron chi connectivity index (χ0n) is 16.7. The Bertz CT molecular complexity index is 1150. The van der Waals surface area contributed by atoms with Crippen LogP contribution in [0.5, 0.6) is 5.75 Å². The van der Waals surface area contributed by atoms with Crippen LogP contribution in [0.1, 0.15) is 22.3 Å². The molecule has 0 aliphatic carbocycles. The molecule has 4 aromatic carbocycles. The summed E-state index contributed by atoms with van der Waals surface area (Å²) in [5, 5.41) is 6.01. The molecule has 0 aromatic heterocycles. The summed E-state index contributed by atoms with van der Waals surface area (Å²) in [6, 6.07) is 27.4. The zero-order chi connectivity index (χ0) is 20.2. The maximum absolute atomic E-state index is 6.12. The van der Waals surface area contributed by atoms with Gasteiger partial charge in [-0.2, -0.15) is 0 Å². The Balaban J connectivity index is 1.44. The molecule has 2 nitrogen and oxygen atoms in total. The molecule has 0 saturated heterocycles. The van der Waals surface area contributed by atoms with E-state index in [4.69, 9.17) is 4.74 Å². The van der Waals surface area contributed by atoms with Crippen molar-refractivity contribution >= 4 is 32.4 Å². The maximum atomic E-state index is 6.12. The lowest BCUT2D eigenvalue weighted by Crippen LogP contribution is -2.02. The van der Waals surface area contributed by atoms with Gasteiger partial charge in [-0.15, -0.1) is 0 Å². The normalized spacial score (nSPS) is 10.9. The first-order valence-corrected chi connectivity index (χ1v) is 10.6. The molecule has 4 aromatic rings. The van der Waals surface area contributed by atoms with Crippen molar-refractivity contribution in [1.82, 2.24) is 0 Å². The molecule has 1 N–H and O–H groups in total. The molecule has 0 radical (unpaired) electrons. The summed E-state index contributed by atoms with van der Waals surface area (Å²) in [4.78, 5) is 0. The largest absolute Gasteiger partial charge is 0.488 e. The highest BCUT2D eigenvalue weighted by Gasteiger charge is 2.07. The van der Waals surface area contributed by atoms with Gasteiger partial charge >= 0.3 is 0 Å². The molecule has 3 heteroatoms. The Morgan fingerprint density at radius 3 is 2.52 bits per heavy atom. The summed E-state index contributed by atoms with van der Waals surface area (Å²) in [6.45, 7) is 5.60. The van der Waals surface area contributed by atoms with Crippen LogP contribution in [-0.4, -0.2) is 0 Å². The van der Waals surface area contributed by atoms with Crippen LogP contribution in [0.3, 0.4) is 0 Å². The predicted octanol–water partition coefficient (Wildman–Crippen LogP) is 7.41. The standard InChI is InChI=1S/C26H24BrNO/c1-18-7-5-12-25(19(18)2)28-16-20-13-14-26(24(27)15-20)29-17-22-10-6-9-21-8-3-4-11-23(21)22/h3-15,28H,16-17H2,1-2H3. The molecule has 0 fully saturated rings. The number of aryl methyl sites for hydroxylation is 1. The van der Waals surface area contributed by atoms with E-state index in [0.717, 1.165) is 16.8 Å². The quantitative estimate of drug-likeness (QED) is 0.333. The van der Waals surface area contributed by atoms with Crippen LogP contribution in [-0.2, 0) is 13.2 Å². The third kappa shape index (κ3) is 4.46. The summed E-state index contributed by atoms with van der Waals surface area (Å²) in [7, 11) is 0. The molecule has 0 heterocycles. The van der Waals surface area contributed by atoms with E-state index in [9.17, 15) is 0 Å². The van der Waals surface area contributed by atoms with E-state index < -0.39 is 0 Å². The second-order valence-electron chi connectivity index (χ2n) is 7.29. The van der Waals surface area contributed by atoms with E-state index in [1.54, 1.807) is 0 Å². The van der Waals surface area contributed by atoms with Crippen molar-refractivity contribution in [1.29, 1.82) is 0 Å². The van der Waals surface area contributed by atoms with Gasteiger partial charge in [-0.3, -0.25) is 0 Å². The third-order valence-corrected chi connectivity index (χ3v) is 5.97. The van der Waals surface area contributed by atoms with Gasteiger partial charge in [0.1, 0.15) is 12.4 Å². The number of anilines is 1. The minimum absolute atomic E-state index is 0.542. The van der Waals surface area contributed by atoms with Crippen LogP contribution in [0.2, 0.25) is 0 Å². The molecule has 146 valence electrons. The number of fused-ring (bicyclic) bond motifs is 1. The Morgan fingerprint density at radius 1 is 0.862 bits per heavy atom. The Hall–Kier alpha value is -2.78. The summed E-state index contributed by atoms with van der Waals surface area (Å²) >= 11 is 3.67. The lowest BCUT2D eigenvalue weighted by atomic mass is 10.1. The fourth-order valence-corrected chi connectivity index (χ4v) is 4.03. The first-order valence-electron chi connectivity index (χ1n) is 9.80. The Labute approximate surface area is 180 Å². The molecule has 4 rings (SSSR count). The lowest BCUT2D eigenvalue weighted by Gasteiger charge is -2.14. The molecular weight excluding hydrogens is 422 g/mol. The summed E-state index contributed by atoms with van der Waals surface area (Å²) in [5.41, 5.74) is 6.17. The van der Waals surface area contributed by atoms with Gasteiger partial charge in [-0.25, -0.2) is 0 Å². The van der Waals surface area contributed by atoms with Crippen molar-refractivity contribution in [3.8, 4) is 5.75 Å². The molecule has 0 saturated carbocycles. The fraction of sp³-hybridized carbons (Fsp3) is 0.154. The van der Waals surface area contributed by atoms with E-state index in [1.165, 1.54) is 38.7 Å².